The molecule has 0 fully saturated rings. The van der Waals surface area contributed by atoms with Crippen molar-refractivity contribution in [3.8, 4) is 0 Å². The molecule has 2 aromatic carbocycles. The number of nitro groups is 1. The molecule has 0 saturated carbocycles. The lowest BCUT2D eigenvalue weighted by molar-refractivity contribution is -0.384. The highest BCUT2D eigenvalue weighted by molar-refractivity contribution is 6.32. The van der Waals surface area contributed by atoms with E-state index in [-0.39, 0.29) is 11.6 Å². The molecule has 21 heavy (non-hydrogen) atoms. The molecule has 0 unspecified atom stereocenters. The van der Waals surface area contributed by atoms with Gasteiger partial charge in [0, 0.05) is 28.9 Å². The average molecular weight is 303 g/mol. The van der Waals surface area contributed by atoms with Crippen LogP contribution in [0.15, 0.2) is 54.6 Å². The van der Waals surface area contributed by atoms with Crippen molar-refractivity contribution in [3.63, 3.8) is 0 Å². The van der Waals surface area contributed by atoms with Gasteiger partial charge in [0.25, 0.3) is 5.69 Å². The molecule has 0 aliphatic carbocycles. The zero-order valence-electron chi connectivity index (χ0n) is 10.8. The van der Waals surface area contributed by atoms with Crippen LogP contribution in [0.5, 0.6) is 0 Å². The first-order chi connectivity index (χ1) is 10.1. The highest BCUT2D eigenvalue weighted by Crippen LogP contribution is 2.17. The minimum atomic E-state index is -0.497. The number of hydrogen-bond donors (Lipinski definition) is 1. The third kappa shape index (κ3) is 4.15. The molecule has 1 N–H and O–H groups in total. The normalized spacial score (nSPS) is 10.5. The molecule has 2 aromatic rings. The summed E-state index contributed by atoms with van der Waals surface area (Å²) in [6, 6.07) is 12.7. The van der Waals surface area contributed by atoms with Crippen LogP contribution >= 0.6 is 11.6 Å². The number of carbonyl (C=O) groups excluding carboxylic acids is 1. The molecule has 0 aliphatic heterocycles. The van der Waals surface area contributed by atoms with Crippen LogP contribution in [0.2, 0.25) is 5.02 Å². The maximum Gasteiger partial charge on any atom is 0.269 e. The Labute approximate surface area is 126 Å². The highest BCUT2D eigenvalue weighted by Gasteiger charge is 2.05. The zero-order valence-corrected chi connectivity index (χ0v) is 11.6. The first-order valence-electron chi connectivity index (χ1n) is 6.04. The van der Waals surface area contributed by atoms with E-state index in [1.165, 1.54) is 30.3 Å². The van der Waals surface area contributed by atoms with E-state index in [0.717, 1.165) is 5.56 Å². The van der Waals surface area contributed by atoms with Crippen LogP contribution in [-0.4, -0.2) is 10.8 Å². The lowest BCUT2D eigenvalue weighted by Gasteiger charge is -2.01. The zero-order chi connectivity index (χ0) is 15.2. The molecule has 0 bridgehead atoms. The van der Waals surface area contributed by atoms with Gasteiger partial charge in [0.2, 0.25) is 5.91 Å². The van der Waals surface area contributed by atoms with Gasteiger partial charge in [-0.1, -0.05) is 29.8 Å². The number of amides is 1. The van der Waals surface area contributed by atoms with Crippen molar-refractivity contribution in [3.05, 3.63) is 75.3 Å². The molecule has 2 rings (SSSR count). The molecule has 1 amide bonds. The third-order valence-electron chi connectivity index (χ3n) is 2.67. The lowest BCUT2D eigenvalue weighted by atomic mass is 10.2. The Morgan fingerprint density at radius 1 is 1.14 bits per heavy atom. The number of halogens is 1. The second-order valence-corrected chi connectivity index (χ2v) is 4.56. The van der Waals surface area contributed by atoms with Crippen LogP contribution in [0.1, 0.15) is 5.56 Å². The van der Waals surface area contributed by atoms with E-state index in [1.807, 2.05) is 6.07 Å². The van der Waals surface area contributed by atoms with Crippen LogP contribution in [0.4, 0.5) is 11.4 Å². The maximum atomic E-state index is 11.7. The molecule has 0 radical (unpaired) electrons. The van der Waals surface area contributed by atoms with Crippen molar-refractivity contribution in [2.24, 2.45) is 0 Å². The molecule has 6 heteroatoms. The van der Waals surface area contributed by atoms with Crippen LogP contribution in [-0.2, 0) is 4.79 Å². The molecule has 0 saturated heterocycles. The fourth-order valence-corrected chi connectivity index (χ4v) is 1.82. The largest absolute Gasteiger partial charge is 0.323 e. The first kappa shape index (κ1) is 14.7. The summed E-state index contributed by atoms with van der Waals surface area (Å²) in [6.07, 6.45) is 2.95. The number of rotatable bonds is 4. The van der Waals surface area contributed by atoms with Crippen molar-refractivity contribution < 1.29 is 9.72 Å². The van der Waals surface area contributed by atoms with E-state index >= 15 is 0 Å². The summed E-state index contributed by atoms with van der Waals surface area (Å²) >= 11 is 5.97. The number of anilines is 1. The predicted molar refractivity (Wildman–Crippen MR) is 82.2 cm³/mol. The Hall–Kier alpha value is -2.66. The van der Waals surface area contributed by atoms with Gasteiger partial charge >= 0.3 is 0 Å². The molecular weight excluding hydrogens is 292 g/mol. The smallest absolute Gasteiger partial charge is 0.269 e. The van der Waals surface area contributed by atoms with Crippen LogP contribution < -0.4 is 5.32 Å². The van der Waals surface area contributed by atoms with Gasteiger partial charge in [0.1, 0.15) is 0 Å². The van der Waals surface area contributed by atoms with Crippen molar-refractivity contribution >= 4 is 35.0 Å². The molecule has 0 aromatic heterocycles. The summed E-state index contributed by atoms with van der Waals surface area (Å²) < 4.78 is 0. The quantitative estimate of drug-likeness (QED) is 0.529. The molecule has 0 spiro atoms. The molecular formula is C15H11ClN2O3. The minimum absolute atomic E-state index is 0.0281. The number of nitro benzene ring substituents is 1. The first-order valence-corrected chi connectivity index (χ1v) is 6.42. The molecule has 0 heterocycles. The summed E-state index contributed by atoms with van der Waals surface area (Å²) in [5, 5.41) is 13.7. The Balaban J connectivity index is 2.02. The van der Waals surface area contributed by atoms with E-state index in [0.29, 0.717) is 10.7 Å². The summed E-state index contributed by atoms with van der Waals surface area (Å²) in [7, 11) is 0. The summed E-state index contributed by atoms with van der Waals surface area (Å²) in [5.41, 5.74) is 1.19. The number of nitrogens with one attached hydrogen (secondary N) is 1. The van der Waals surface area contributed by atoms with Gasteiger partial charge in [-0.2, -0.15) is 0 Å². The summed E-state index contributed by atoms with van der Waals surface area (Å²) in [6.45, 7) is 0. The van der Waals surface area contributed by atoms with Crippen molar-refractivity contribution in [2.75, 3.05) is 5.32 Å². The molecule has 0 atom stereocenters. The Bertz CT molecular complexity index is 696. The van der Waals surface area contributed by atoms with Gasteiger partial charge in [-0.25, -0.2) is 0 Å². The third-order valence-corrected chi connectivity index (χ3v) is 3.01. The standard InChI is InChI=1S/C15H11ClN2O3/c16-14-4-2-1-3-11(14)5-10-15(19)17-12-6-8-13(9-7-12)18(20)21/h1-10H,(H,17,19). The molecule has 106 valence electrons. The minimum Gasteiger partial charge on any atom is -0.323 e. The fourth-order valence-electron chi connectivity index (χ4n) is 1.63. The fraction of sp³-hybridized carbons (Fsp3) is 0. The van der Waals surface area contributed by atoms with E-state index in [9.17, 15) is 14.9 Å². The number of non-ortho nitro benzene ring substituents is 1. The second kappa shape index (κ2) is 6.67. The van der Waals surface area contributed by atoms with Gasteiger partial charge in [-0.05, 0) is 29.8 Å². The van der Waals surface area contributed by atoms with Gasteiger partial charge in [0.05, 0.1) is 4.92 Å². The average Bonchev–Trinajstić information content (AvgIpc) is 2.47. The van der Waals surface area contributed by atoms with E-state index in [2.05, 4.69) is 5.32 Å². The SMILES string of the molecule is O=C(C=Cc1ccccc1Cl)Nc1ccc([N+](=O)[O-])cc1. The van der Waals surface area contributed by atoms with Crippen molar-refractivity contribution in [2.45, 2.75) is 0 Å². The van der Waals surface area contributed by atoms with Gasteiger partial charge in [-0.3, -0.25) is 14.9 Å². The topological polar surface area (TPSA) is 72.2 Å². The Morgan fingerprint density at radius 2 is 1.81 bits per heavy atom. The molecule has 5 nitrogen and oxygen atoms in total. The number of hydrogen-bond acceptors (Lipinski definition) is 3. The lowest BCUT2D eigenvalue weighted by Crippen LogP contribution is -2.07. The van der Waals surface area contributed by atoms with Crippen molar-refractivity contribution in [1.82, 2.24) is 0 Å². The van der Waals surface area contributed by atoms with Crippen LogP contribution in [0, 0.1) is 10.1 Å². The number of carbonyl (C=O) groups is 1. The predicted octanol–water partition coefficient (Wildman–Crippen LogP) is 3.90. The van der Waals surface area contributed by atoms with E-state index < -0.39 is 4.92 Å². The monoisotopic (exact) mass is 302 g/mol. The number of nitrogens with zero attached hydrogens (tertiary/aromatic N) is 1. The Kier molecular flexibility index (Phi) is 4.68. The highest BCUT2D eigenvalue weighted by atomic mass is 35.5. The molecule has 0 aliphatic rings. The summed E-state index contributed by atoms with van der Waals surface area (Å²) in [4.78, 5) is 21.8. The Morgan fingerprint density at radius 3 is 2.43 bits per heavy atom. The van der Waals surface area contributed by atoms with Gasteiger partial charge < -0.3 is 5.32 Å². The van der Waals surface area contributed by atoms with Crippen molar-refractivity contribution in [1.29, 1.82) is 0 Å². The maximum absolute atomic E-state index is 11.7. The number of benzene rings is 2. The van der Waals surface area contributed by atoms with Crippen LogP contribution in [0.25, 0.3) is 6.08 Å². The van der Waals surface area contributed by atoms with Gasteiger partial charge in [0.15, 0.2) is 0 Å². The second-order valence-electron chi connectivity index (χ2n) is 4.15. The van der Waals surface area contributed by atoms with E-state index in [1.54, 1.807) is 24.3 Å². The summed E-state index contributed by atoms with van der Waals surface area (Å²) in [5.74, 6) is -0.344. The van der Waals surface area contributed by atoms with Crippen LogP contribution in [0.3, 0.4) is 0 Å². The van der Waals surface area contributed by atoms with Gasteiger partial charge in [-0.15, -0.1) is 0 Å². The van der Waals surface area contributed by atoms with E-state index in [4.69, 9.17) is 11.6 Å².